The largest absolute Gasteiger partial charge is 0 e. The molecule has 0 aliphatic heterocycles. The molecule has 354 valence electrons. The third-order valence-corrected chi connectivity index (χ3v) is 25.3. The first-order valence-electron chi connectivity index (χ1n) is 39.0. The molecule has 0 atom stereocenters. The van der Waals surface area contributed by atoms with Crippen molar-refractivity contribution >= 4 is 835 Å². The standard InChI is InChI=1S/B118/c1-61(2)91(62(3)4)106(92(63(5)6)64(7)8)113(105(89(57)58)90(59)60)117(114(107(93(65(9)10)66(11)12)94(67(13)14)68(15)16)108(95(69(17)18)70(19)20)96(71(21)22)72(23)24)118(115(109(97(73(25)26)74(27)28)98(75(29)30)76(31)32)110(99(77(33)34)78(35)36)100(79(37)38)80(39)40)116(111(101(81(41)42)82(43)44)102(83(45)46)84(47)48)112(103(85(49)50)86(51)52)104(87(53)54)88(55)56. The highest BCUT2D eigenvalue weighted by molar-refractivity contribution is 8.46. The van der Waals surface area contributed by atoms with Gasteiger partial charge in [-0.3, -0.25) is 0 Å². The molecule has 120 radical (unpaired) electrons. The van der Waals surface area contributed by atoms with Crippen molar-refractivity contribution in [1.82, 2.24) is 0 Å². The molecule has 0 aliphatic carbocycles. The summed E-state index contributed by atoms with van der Waals surface area (Å²) in [5.41, 5.74) is 0. The van der Waals surface area contributed by atoms with E-state index in [-0.39, 0.29) is 0 Å². The van der Waals surface area contributed by atoms with Gasteiger partial charge in [0.1, 0.15) is 0 Å². The molecular weight excluding hydrogens is 1280 g/mol. The van der Waals surface area contributed by atoms with Crippen LogP contribution in [0.5, 0.6) is 0 Å². The third kappa shape index (κ3) is 33.5. The molecule has 0 aliphatic rings. The zero-order valence-electron chi connectivity index (χ0n) is 68.1. The summed E-state index contributed by atoms with van der Waals surface area (Å²) in [5.74, 6) is 0. The summed E-state index contributed by atoms with van der Waals surface area (Å²) in [7, 11) is 439. The summed E-state index contributed by atoms with van der Waals surface area (Å²) in [6.07, 6.45) is -121. The monoisotopic (exact) mass is 1300 g/mol. The highest BCUT2D eigenvalue weighted by Crippen LogP contribution is 2.32. The van der Waals surface area contributed by atoms with Gasteiger partial charge in [-0.1, -0.05) is 0 Å². The molecule has 0 nitrogen and oxygen atoms in total. The second-order valence-electron chi connectivity index (χ2n) is 33.5. The van der Waals surface area contributed by atoms with E-state index in [2.05, 4.69) is 0 Å². The Hall–Kier alpha value is 7.66. The smallest absolute Gasteiger partial charge is 0 e. The van der Waals surface area contributed by atoms with Crippen LogP contribution in [0, 0.1) is 0 Å². The van der Waals surface area contributed by atoms with E-state index >= 15 is 0 Å². The summed E-state index contributed by atoms with van der Waals surface area (Å²) < 4.78 is 0. The topological polar surface area (TPSA) is 0 Å². The van der Waals surface area contributed by atoms with Gasteiger partial charge < -0.3 is 0 Å². The summed E-state index contributed by atoms with van der Waals surface area (Å²) in [5, 5.41) is 0. The van der Waals surface area contributed by atoms with Crippen molar-refractivity contribution in [2.24, 2.45) is 0 Å². The molecular formula is B118. The Labute approximate surface area is 825 Å². The summed E-state index contributed by atoms with van der Waals surface area (Å²) >= 11 is 0. The van der Waals surface area contributed by atoms with E-state index in [9.17, 15) is 0 Å². The predicted octanol–water partition coefficient (Wildman–Crippen LogP) is -44.9. The van der Waals surface area contributed by atoms with E-state index in [1.807, 2.05) is 0 Å². The van der Waals surface area contributed by atoms with Gasteiger partial charge >= 0.3 is 0 Å². The van der Waals surface area contributed by atoms with Gasteiger partial charge in [0.25, 0.3) is 0 Å². The average Bonchev–Trinajstić information content (AvgIpc) is 0.701. The van der Waals surface area contributed by atoms with Crippen LogP contribution in [0.4, 0.5) is 0 Å². The first-order chi connectivity index (χ1) is 53.6. The lowest BCUT2D eigenvalue weighted by Gasteiger charge is -2.64. The molecule has 0 heterocycles. The number of hydrogen-bond acceptors (Lipinski definition) is 0. The average molecular weight is 1280 g/mol. The van der Waals surface area contributed by atoms with Gasteiger partial charge in [-0.25, -0.2) is 0 Å². The van der Waals surface area contributed by atoms with Crippen LogP contribution in [-0.4, -0.2) is 835 Å². The first-order valence-corrected chi connectivity index (χ1v) is 39.0. The quantitative estimate of drug-likeness (QED) is 0.0533. The van der Waals surface area contributed by atoms with E-state index in [1.165, 1.54) is 0 Å². The van der Waals surface area contributed by atoms with Gasteiger partial charge in [0, 0.05) is 835 Å². The van der Waals surface area contributed by atoms with Crippen LogP contribution in [-0.2, 0) is 0 Å². The number of rotatable bonds is 57. The van der Waals surface area contributed by atoms with E-state index in [4.69, 9.17) is 464 Å². The van der Waals surface area contributed by atoms with Crippen molar-refractivity contribution in [2.45, 2.75) is 0 Å². The van der Waals surface area contributed by atoms with Crippen molar-refractivity contribution in [1.29, 1.82) is 0 Å². The number of hydrogen-bond donors (Lipinski definition) is 0. The maximum atomic E-state index is 7.53. The Bertz CT molecular complexity index is 2050. The molecule has 118 heavy (non-hydrogen) atoms. The Kier molecular flexibility index (Phi) is 61.5. The molecule has 0 aromatic rings. The minimum Gasteiger partial charge on any atom is 0 e. The molecule has 0 spiro atoms. The van der Waals surface area contributed by atoms with Gasteiger partial charge in [0.05, 0.1) is 0 Å². The minimum absolute atomic E-state index is 1.95. The lowest BCUT2D eigenvalue weighted by atomic mass is 8.17. The Morgan fingerprint density at radius 3 is 0.102 bits per heavy atom. The summed E-state index contributed by atoms with van der Waals surface area (Å²) in [4.78, 5) is 0. The van der Waals surface area contributed by atoms with Gasteiger partial charge in [-0.05, 0) is 0 Å². The van der Waals surface area contributed by atoms with E-state index < -0.39 is 370 Å². The highest BCUT2D eigenvalue weighted by atomic mass is 13.5. The fourth-order valence-corrected chi connectivity index (χ4v) is 21.6. The van der Waals surface area contributed by atoms with Crippen molar-refractivity contribution in [3.8, 4) is 0 Å². The fraction of sp³-hybridized carbons (Fsp3) is 0. The zero-order chi connectivity index (χ0) is 93.5. The first kappa shape index (κ1) is 126. The van der Waals surface area contributed by atoms with E-state index in [1.54, 1.807) is 0 Å². The fourth-order valence-electron chi connectivity index (χ4n) is 21.6. The summed E-state index contributed by atoms with van der Waals surface area (Å²) in [6, 6.07) is 0. The molecule has 0 saturated heterocycles. The molecule has 0 fully saturated rings. The van der Waals surface area contributed by atoms with Gasteiger partial charge in [-0.2, -0.15) is 0 Å². The van der Waals surface area contributed by atoms with Crippen LogP contribution in [0.1, 0.15) is 0 Å². The molecule has 0 N–H and O–H groups in total. The van der Waals surface area contributed by atoms with Crippen LogP contribution < -0.4 is 0 Å². The Morgan fingerprint density at radius 2 is 0.0678 bits per heavy atom. The van der Waals surface area contributed by atoms with Crippen LogP contribution >= 0.6 is 0 Å². The van der Waals surface area contributed by atoms with Crippen molar-refractivity contribution in [3.63, 3.8) is 0 Å². The van der Waals surface area contributed by atoms with Crippen LogP contribution in [0.25, 0.3) is 0 Å². The molecule has 0 saturated carbocycles. The van der Waals surface area contributed by atoms with Crippen LogP contribution in [0.3, 0.4) is 0 Å². The second-order valence-corrected chi connectivity index (χ2v) is 33.5. The second kappa shape index (κ2) is 57.8. The molecule has 0 bridgehead atoms. The molecule has 0 aromatic carbocycles. The Balaban J connectivity index is 16.4. The maximum Gasteiger partial charge on any atom is 0 e. The predicted molar refractivity (Wildman–Crippen MR) is 679 cm³/mol. The van der Waals surface area contributed by atoms with E-state index in [0.717, 1.165) is 0 Å². The zero-order valence-corrected chi connectivity index (χ0v) is 68.1. The van der Waals surface area contributed by atoms with Gasteiger partial charge in [-0.15, -0.1) is 0 Å². The van der Waals surface area contributed by atoms with Gasteiger partial charge in [0.2, 0.25) is 0 Å². The Morgan fingerprint density at radius 1 is 0.0424 bits per heavy atom. The normalized spacial score (nSPS) is 9.86. The maximum absolute atomic E-state index is 7.53. The molecule has 0 amide bonds. The SMILES string of the molecule is [B]B([B])B(B([B])[B])B(B(B([B])[B])B([B])[B])B(B(B([B])[B])B([B])[B])B(B(B(B(B([B])[B])B([B])[B])B(B([B])[B])B([B])[B])B(B(B([B])[B])B([B])[B])B(B([B])[B])B([B])[B])B(B(B(B(B([B])[B])B([B])[B])B(B([B])[B])B([B])[B])B(B(B([B])[B])B([B])[B])B(B([B])[B])B([B])[B])B(B(B(B([B])[B])B([B])[B])B(B([B])[B])B([B])[B])B(B(B([B])[B])B([B])[B])B(B([B])[B])B([B])[B]. The van der Waals surface area contributed by atoms with Gasteiger partial charge in [0.15, 0.2) is 0 Å². The van der Waals surface area contributed by atoms with Crippen molar-refractivity contribution < 1.29 is 0 Å². The van der Waals surface area contributed by atoms with Crippen molar-refractivity contribution in [3.05, 3.63) is 0 Å². The molecule has 0 aromatic heterocycles. The molecule has 0 rings (SSSR count). The third-order valence-electron chi connectivity index (χ3n) is 25.3. The van der Waals surface area contributed by atoms with Crippen LogP contribution in [0.15, 0.2) is 0 Å². The summed E-state index contributed by atoms with van der Waals surface area (Å²) in [6.45, 7) is 0. The minimum atomic E-state index is -2.64. The van der Waals surface area contributed by atoms with E-state index in [0.29, 0.717) is 0 Å². The highest BCUT2D eigenvalue weighted by Gasteiger charge is 2.70. The molecule has 0 unspecified atom stereocenters. The van der Waals surface area contributed by atoms with Crippen molar-refractivity contribution in [2.75, 3.05) is 0 Å². The molecule has 118 heteroatoms. The lowest BCUT2D eigenvalue weighted by Crippen LogP contribution is -3.02. The van der Waals surface area contributed by atoms with Crippen LogP contribution in [0.2, 0.25) is 0 Å². The lowest BCUT2D eigenvalue weighted by molar-refractivity contribution is 3.11.